The number of nitrogens with zero attached hydrogens (tertiary/aromatic N) is 5. The molecule has 2 bridgehead atoms. The number of halogens is 1. The molecule has 0 unspecified atom stereocenters. The molecule has 6 rings (SSSR count). The number of rotatable bonds is 4. The number of piperidine rings is 2. The normalized spacial score (nSPS) is 24.6. The van der Waals surface area contributed by atoms with Crippen LogP contribution in [0.2, 0.25) is 0 Å². The van der Waals surface area contributed by atoms with Gasteiger partial charge in [-0.3, -0.25) is 4.40 Å². The van der Waals surface area contributed by atoms with Gasteiger partial charge in [0.25, 0.3) is 0 Å². The van der Waals surface area contributed by atoms with E-state index in [0.29, 0.717) is 29.6 Å². The zero-order valence-corrected chi connectivity index (χ0v) is 17.8. The summed E-state index contributed by atoms with van der Waals surface area (Å²) >= 11 is 0. The van der Waals surface area contributed by atoms with E-state index in [1.807, 2.05) is 28.8 Å². The minimum Gasteiger partial charge on any atom is -0.507 e. The van der Waals surface area contributed by atoms with E-state index in [1.165, 1.54) is 0 Å². The Labute approximate surface area is 189 Å². The average molecular weight is 446 g/mol. The molecule has 0 spiro atoms. The second kappa shape index (κ2) is 8.08. The SMILES string of the molecule is Oc1cc(-c2ccn3cnnc3c2)ccc1-c1ccc(O[C@H]2C[C@@H]3CCC[C@@H](N3)[C@H]2F)nn1. The van der Waals surface area contributed by atoms with Crippen molar-refractivity contribution in [2.45, 2.75) is 50.0 Å². The third-order valence-corrected chi connectivity index (χ3v) is 6.59. The summed E-state index contributed by atoms with van der Waals surface area (Å²) in [4.78, 5) is 0. The fraction of sp³-hybridized carbons (Fsp3) is 0.333. The zero-order chi connectivity index (χ0) is 22.4. The number of pyridine rings is 1. The van der Waals surface area contributed by atoms with Crippen LogP contribution in [0.3, 0.4) is 0 Å². The molecule has 8 nitrogen and oxygen atoms in total. The van der Waals surface area contributed by atoms with Gasteiger partial charge in [-0.15, -0.1) is 20.4 Å². The van der Waals surface area contributed by atoms with Crippen LogP contribution in [0.1, 0.15) is 25.7 Å². The standard InChI is InChI=1S/C24H23FN6O2/c25-24-19-3-1-2-16(27-19)12-21(24)33-23-7-6-18(28-30-23)17-5-4-14(10-20(17)32)15-8-9-31-13-26-29-22(31)11-15/h4-11,13,16,19,21,24,27,32H,1-3,12H2/t16-,19+,21-,24+/m0/s1. The lowest BCUT2D eigenvalue weighted by Crippen LogP contribution is -2.59. The first-order valence-electron chi connectivity index (χ1n) is 11.2. The number of hydrogen-bond donors (Lipinski definition) is 2. The third-order valence-electron chi connectivity index (χ3n) is 6.59. The van der Waals surface area contributed by atoms with Gasteiger partial charge in [0.15, 0.2) is 11.8 Å². The van der Waals surface area contributed by atoms with E-state index in [1.54, 1.807) is 30.6 Å². The molecule has 168 valence electrons. The van der Waals surface area contributed by atoms with Crippen LogP contribution in [0.15, 0.2) is 55.0 Å². The Balaban J connectivity index is 1.20. The Morgan fingerprint density at radius 2 is 1.94 bits per heavy atom. The van der Waals surface area contributed by atoms with Crippen LogP contribution in [-0.2, 0) is 0 Å². The number of nitrogens with one attached hydrogen (secondary N) is 1. The molecule has 0 radical (unpaired) electrons. The number of alkyl halides is 1. The van der Waals surface area contributed by atoms with Gasteiger partial charge in [-0.1, -0.05) is 12.5 Å². The van der Waals surface area contributed by atoms with Gasteiger partial charge in [0.05, 0.1) is 5.69 Å². The van der Waals surface area contributed by atoms with Gasteiger partial charge in [-0.25, -0.2) is 4.39 Å². The predicted molar refractivity (Wildman–Crippen MR) is 120 cm³/mol. The number of fused-ring (bicyclic) bond motifs is 3. The molecular formula is C24H23FN6O2. The predicted octanol–water partition coefficient (Wildman–Crippen LogP) is 3.56. The van der Waals surface area contributed by atoms with E-state index in [2.05, 4.69) is 25.7 Å². The summed E-state index contributed by atoms with van der Waals surface area (Å²) in [5, 5.41) is 30.3. The van der Waals surface area contributed by atoms with Crippen LogP contribution in [0, 0.1) is 0 Å². The molecule has 33 heavy (non-hydrogen) atoms. The molecule has 1 aromatic carbocycles. The molecule has 2 N–H and O–H groups in total. The van der Waals surface area contributed by atoms with E-state index in [4.69, 9.17) is 4.74 Å². The summed E-state index contributed by atoms with van der Waals surface area (Å²) in [6.07, 6.45) is 5.51. The lowest BCUT2D eigenvalue weighted by molar-refractivity contribution is 0.00652. The molecule has 0 amide bonds. The monoisotopic (exact) mass is 446 g/mol. The molecule has 0 aliphatic carbocycles. The molecule has 0 saturated carbocycles. The number of aromatic nitrogens is 5. The highest BCUT2D eigenvalue weighted by molar-refractivity contribution is 5.75. The van der Waals surface area contributed by atoms with Gasteiger partial charge < -0.3 is 15.2 Å². The van der Waals surface area contributed by atoms with Crippen molar-refractivity contribution in [1.29, 1.82) is 0 Å². The fourth-order valence-electron chi connectivity index (χ4n) is 4.88. The molecule has 9 heteroatoms. The van der Waals surface area contributed by atoms with E-state index in [9.17, 15) is 9.50 Å². The Morgan fingerprint density at radius 3 is 2.79 bits per heavy atom. The zero-order valence-electron chi connectivity index (χ0n) is 17.8. The highest BCUT2D eigenvalue weighted by Gasteiger charge is 2.41. The van der Waals surface area contributed by atoms with E-state index in [0.717, 1.165) is 36.0 Å². The number of ether oxygens (including phenoxy) is 1. The Kier molecular flexibility index (Phi) is 4.91. The van der Waals surface area contributed by atoms with Crippen molar-refractivity contribution in [3.8, 4) is 34.0 Å². The van der Waals surface area contributed by atoms with E-state index >= 15 is 0 Å². The van der Waals surface area contributed by atoms with Crippen LogP contribution in [-0.4, -0.2) is 54.3 Å². The smallest absolute Gasteiger partial charge is 0.233 e. The van der Waals surface area contributed by atoms with Crippen LogP contribution in [0.4, 0.5) is 4.39 Å². The molecule has 5 heterocycles. The van der Waals surface area contributed by atoms with E-state index < -0.39 is 12.3 Å². The third kappa shape index (κ3) is 3.78. The van der Waals surface area contributed by atoms with Crippen molar-refractivity contribution in [2.24, 2.45) is 0 Å². The van der Waals surface area contributed by atoms with Gasteiger partial charge in [-0.05, 0) is 54.3 Å². The molecule has 4 atom stereocenters. The van der Waals surface area contributed by atoms with Crippen LogP contribution < -0.4 is 10.1 Å². The molecule has 3 aromatic heterocycles. The molecule has 2 fully saturated rings. The lowest BCUT2D eigenvalue weighted by Gasteiger charge is -2.42. The Bertz CT molecular complexity index is 1290. The summed E-state index contributed by atoms with van der Waals surface area (Å²) in [6.45, 7) is 0. The van der Waals surface area contributed by atoms with Crippen molar-refractivity contribution in [3.05, 3.63) is 55.0 Å². The number of phenolic OH excluding ortho intramolecular Hbond substituents is 1. The van der Waals surface area contributed by atoms with Gasteiger partial charge in [-0.2, -0.15) is 0 Å². The topological polar surface area (TPSA) is 97.5 Å². The first-order chi connectivity index (χ1) is 16.1. The maximum Gasteiger partial charge on any atom is 0.233 e. The van der Waals surface area contributed by atoms with Gasteiger partial charge in [0, 0.05) is 36.3 Å². The highest BCUT2D eigenvalue weighted by Crippen LogP contribution is 2.34. The number of benzene rings is 1. The summed E-state index contributed by atoms with van der Waals surface area (Å²) in [7, 11) is 0. The molecule has 2 aliphatic heterocycles. The summed E-state index contributed by atoms with van der Waals surface area (Å²) in [5.74, 6) is 0.385. The molecular weight excluding hydrogens is 423 g/mol. The molecule has 4 aromatic rings. The first-order valence-corrected chi connectivity index (χ1v) is 11.2. The van der Waals surface area contributed by atoms with Crippen LogP contribution in [0.5, 0.6) is 11.6 Å². The van der Waals surface area contributed by atoms with Crippen molar-refractivity contribution >= 4 is 5.65 Å². The second-order valence-electron chi connectivity index (χ2n) is 8.74. The number of aromatic hydroxyl groups is 1. The van der Waals surface area contributed by atoms with Gasteiger partial charge in [0.1, 0.15) is 18.2 Å². The minimum absolute atomic E-state index is 0.0896. The van der Waals surface area contributed by atoms with Crippen molar-refractivity contribution in [2.75, 3.05) is 0 Å². The van der Waals surface area contributed by atoms with Crippen molar-refractivity contribution in [3.63, 3.8) is 0 Å². The Morgan fingerprint density at radius 1 is 1.03 bits per heavy atom. The average Bonchev–Trinajstić information content (AvgIpc) is 3.31. The highest BCUT2D eigenvalue weighted by atomic mass is 19.1. The van der Waals surface area contributed by atoms with Crippen LogP contribution >= 0.6 is 0 Å². The Hall–Kier alpha value is -3.59. The van der Waals surface area contributed by atoms with Crippen molar-refractivity contribution in [1.82, 2.24) is 30.1 Å². The van der Waals surface area contributed by atoms with Crippen molar-refractivity contribution < 1.29 is 14.2 Å². The summed E-state index contributed by atoms with van der Waals surface area (Å²) in [5.41, 5.74) is 3.56. The largest absolute Gasteiger partial charge is 0.507 e. The quantitative estimate of drug-likeness (QED) is 0.495. The van der Waals surface area contributed by atoms with E-state index in [-0.39, 0.29) is 11.8 Å². The lowest BCUT2D eigenvalue weighted by atomic mass is 9.84. The maximum absolute atomic E-state index is 14.8. The summed E-state index contributed by atoms with van der Waals surface area (Å²) in [6, 6.07) is 12.8. The number of phenols is 1. The fourth-order valence-corrected chi connectivity index (χ4v) is 4.88. The van der Waals surface area contributed by atoms with Gasteiger partial charge >= 0.3 is 0 Å². The minimum atomic E-state index is -1.06. The van der Waals surface area contributed by atoms with Gasteiger partial charge in [0.2, 0.25) is 5.88 Å². The molecule has 2 saturated heterocycles. The first kappa shape index (κ1) is 20.0. The van der Waals surface area contributed by atoms with Crippen LogP contribution in [0.25, 0.3) is 28.0 Å². The maximum atomic E-state index is 14.8. The molecule has 2 aliphatic rings. The summed E-state index contributed by atoms with van der Waals surface area (Å²) < 4.78 is 22.5. The second-order valence-corrected chi connectivity index (χ2v) is 8.74. The number of hydrogen-bond acceptors (Lipinski definition) is 7.